The number of carbonyl (C=O) groups excluding carboxylic acids is 4. The van der Waals surface area contributed by atoms with Crippen LogP contribution >= 0.6 is 0 Å². The Hall–Kier alpha value is -2.36. The lowest BCUT2D eigenvalue weighted by molar-refractivity contribution is -0.155. The molecule has 0 radical (unpaired) electrons. The van der Waals surface area contributed by atoms with E-state index in [1.54, 1.807) is 41.5 Å². The Kier molecular flexibility index (Phi) is 17.9. The standard InChI is InChI=1S/C26H49N3O7.C2H6/c1-18(2)17-26(9,10)22(32)28-14-16-34-15-13-27-21(31)19(29-23(33)36-25(6,7)8)11-12-20(30)35-24(3,4)5;1-2/h18-19H,11-17H2,1-10H3,(H,27,31)(H,28,32)(H,29,33);1-2H3. The van der Waals surface area contributed by atoms with Crippen molar-refractivity contribution in [2.75, 3.05) is 26.3 Å². The molecule has 0 bridgehead atoms. The summed E-state index contributed by atoms with van der Waals surface area (Å²) >= 11 is 0. The Morgan fingerprint density at radius 2 is 1.26 bits per heavy atom. The molecule has 0 fully saturated rings. The van der Waals surface area contributed by atoms with Crippen molar-refractivity contribution in [3.05, 3.63) is 0 Å². The Bertz CT molecular complexity index is 723. The van der Waals surface area contributed by atoms with E-state index in [1.807, 2.05) is 27.7 Å². The number of hydrogen-bond donors (Lipinski definition) is 3. The van der Waals surface area contributed by atoms with Gasteiger partial charge >= 0.3 is 12.1 Å². The fourth-order valence-electron chi connectivity index (χ4n) is 3.43. The number of esters is 1. The van der Waals surface area contributed by atoms with Gasteiger partial charge in [-0.15, -0.1) is 0 Å². The molecule has 0 aliphatic carbocycles. The van der Waals surface area contributed by atoms with Crippen molar-refractivity contribution < 1.29 is 33.4 Å². The number of carbonyl (C=O) groups is 4. The number of alkyl carbamates (subject to hydrolysis) is 1. The molecule has 1 unspecified atom stereocenters. The van der Waals surface area contributed by atoms with Crippen molar-refractivity contribution in [2.24, 2.45) is 11.3 Å². The molecule has 10 heteroatoms. The highest BCUT2D eigenvalue weighted by Gasteiger charge is 2.28. The van der Waals surface area contributed by atoms with E-state index in [9.17, 15) is 19.2 Å². The first-order valence-electron chi connectivity index (χ1n) is 13.7. The molecule has 0 rings (SSSR count). The van der Waals surface area contributed by atoms with Gasteiger partial charge in [0.1, 0.15) is 17.2 Å². The molecule has 0 heterocycles. The summed E-state index contributed by atoms with van der Waals surface area (Å²) in [5, 5.41) is 8.09. The minimum atomic E-state index is -0.977. The summed E-state index contributed by atoms with van der Waals surface area (Å²) in [6.07, 6.45) is 0.0466. The lowest BCUT2D eigenvalue weighted by Gasteiger charge is -2.25. The van der Waals surface area contributed by atoms with Gasteiger partial charge in [-0.1, -0.05) is 41.5 Å². The van der Waals surface area contributed by atoms with Gasteiger partial charge in [0, 0.05) is 24.9 Å². The van der Waals surface area contributed by atoms with Crippen LogP contribution in [0.2, 0.25) is 0 Å². The van der Waals surface area contributed by atoms with E-state index in [0.29, 0.717) is 19.1 Å². The molecule has 0 aromatic rings. The first kappa shape index (κ1) is 37.8. The fourth-order valence-corrected chi connectivity index (χ4v) is 3.43. The number of nitrogens with one attached hydrogen (secondary N) is 3. The SMILES string of the molecule is CC.CC(C)CC(C)(C)C(=O)NCCOCCNC(=O)C(CCC(=O)OC(C)(C)C)NC(=O)OC(C)(C)C. The molecule has 0 saturated heterocycles. The van der Waals surface area contributed by atoms with E-state index in [2.05, 4.69) is 29.8 Å². The second-order valence-electron chi connectivity index (χ2n) is 12.0. The van der Waals surface area contributed by atoms with Crippen LogP contribution in [0.5, 0.6) is 0 Å². The van der Waals surface area contributed by atoms with Crippen LogP contribution in [0.3, 0.4) is 0 Å². The number of rotatable bonds is 14. The quantitative estimate of drug-likeness (QED) is 0.218. The van der Waals surface area contributed by atoms with Gasteiger partial charge in [0.2, 0.25) is 11.8 Å². The van der Waals surface area contributed by atoms with Gasteiger partial charge in [-0.25, -0.2) is 4.79 Å². The molecule has 224 valence electrons. The summed E-state index contributed by atoms with van der Waals surface area (Å²) in [4.78, 5) is 49.3. The summed E-state index contributed by atoms with van der Waals surface area (Å²) in [6.45, 7) is 23.5. The van der Waals surface area contributed by atoms with Crippen LogP contribution in [-0.4, -0.2) is 67.4 Å². The minimum Gasteiger partial charge on any atom is -0.460 e. The first-order valence-corrected chi connectivity index (χ1v) is 13.7. The van der Waals surface area contributed by atoms with Crippen molar-refractivity contribution in [3.8, 4) is 0 Å². The van der Waals surface area contributed by atoms with Gasteiger partial charge in [0.05, 0.1) is 13.2 Å². The smallest absolute Gasteiger partial charge is 0.408 e. The van der Waals surface area contributed by atoms with Crippen LogP contribution < -0.4 is 16.0 Å². The van der Waals surface area contributed by atoms with Crippen molar-refractivity contribution >= 4 is 23.9 Å². The topological polar surface area (TPSA) is 132 Å². The van der Waals surface area contributed by atoms with Gasteiger partial charge < -0.3 is 30.2 Å². The molecule has 0 aromatic carbocycles. The van der Waals surface area contributed by atoms with Gasteiger partial charge in [0.25, 0.3) is 0 Å². The zero-order valence-electron chi connectivity index (χ0n) is 26.0. The van der Waals surface area contributed by atoms with Crippen LogP contribution in [0.15, 0.2) is 0 Å². The summed E-state index contributed by atoms with van der Waals surface area (Å²) in [7, 11) is 0. The Morgan fingerprint density at radius 1 is 0.763 bits per heavy atom. The predicted octanol–water partition coefficient (Wildman–Crippen LogP) is 4.35. The molecular formula is C28H55N3O7. The van der Waals surface area contributed by atoms with Crippen molar-refractivity contribution in [1.29, 1.82) is 0 Å². The zero-order valence-corrected chi connectivity index (χ0v) is 26.0. The van der Waals surface area contributed by atoms with Crippen molar-refractivity contribution in [1.82, 2.24) is 16.0 Å². The van der Waals surface area contributed by atoms with E-state index >= 15 is 0 Å². The van der Waals surface area contributed by atoms with Gasteiger partial charge in [-0.05, 0) is 60.3 Å². The third-order valence-electron chi connectivity index (χ3n) is 4.68. The van der Waals surface area contributed by atoms with Crippen molar-refractivity contribution in [3.63, 3.8) is 0 Å². The fraction of sp³-hybridized carbons (Fsp3) is 0.857. The van der Waals surface area contributed by atoms with Crippen LogP contribution in [0.25, 0.3) is 0 Å². The average Bonchev–Trinajstić information content (AvgIpc) is 2.73. The maximum atomic E-state index is 12.7. The normalized spacial score (nSPS) is 12.6. The largest absolute Gasteiger partial charge is 0.460 e. The maximum Gasteiger partial charge on any atom is 0.408 e. The van der Waals surface area contributed by atoms with Crippen LogP contribution in [-0.2, 0) is 28.6 Å². The van der Waals surface area contributed by atoms with E-state index in [-0.39, 0.29) is 31.9 Å². The Labute approximate surface area is 230 Å². The third-order valence-corrected chi connectivity index (χ3v) is 4.68. The number of hydrogen-bond acceptors (Lipinski definition) is 7. The van der Waals surface area contributed by atoms with E-state index in [4.69, 9.17) is 14.2 Å². The van der Waals surface area contributed by atoms with Crippen molar-refractivity contribution in [2.45, 2.75) is 120 Å². The Morgan fingerprint density at radius 3 is 1.74 bits per heavy atom. The Balaban J connectivity index is 0. The van der Waals surface area contributed by atoms with E-state index < -0.39 is 40.6 Å². The van der Waals surface area contributed by atoms with E-state index in [1.165, 1.54) is 0 Å². The molecule has 0 aliphatic rings. The van der Waals surface area contributed by atoms with Crippen LogP contribution in [0.4, 0.5) is 4.79 Å². The molecule has 0 aromatic heterocycles. The summed E-state index contributed by atoms with van der Waals surface area (Å²) < 4.78 is 16.0. The summed E-state index contributed by atoms with van der Waals surface area (Å²) in [6, 6.07) is -0.977. The second kappa shape index (κ2) is 18.0. The zero-order chi connectivity index (χ0) is 30.2. The highest BCUT2D eigenvalue weighted by molar-refractivity contribution is 5.86. The average molecular weight is 546 g/mol. The molecule has 10 nitrogen and oxygen atoms in total. The summed E-state index contributed by atoms with van der Waals surface area (Å²) in [5.41, 5.74) is -1.82. The second-order valence-corrected chi connectivity index (χ2v) is 12.0. The van der Waals surface area contributed by atoms with Crippen LogP contribution in [0.1, 0.15) is 102 Å². The maximum absolute atomic E-state index is 12.7. The molecule has 0 saturated carbocycles. The van der Waals surface area contributed by atoms with E-state index in [0.717, 1.165) is 6.42 Å². The van der Waals surface area contributed by atoms with Crippen LogP contribution in [0, 0.1) is 11.3 Å². The lowest BCUT2D eigenvalue weighted by Crippen LogP contribution is -2.49. The molecule has 38 heavy (non-hydrogen) atoms. The molecule has 0 spiro atoms. The minimum absolute atomic E-state index is 0.0193. The van der Waals surface area contributed by atoms with Gasteiger partial charge in [0.15, 0.2) is 0 Å². The summed E-state index contributed by atoms with van der Waals surface area (Å²) in [5.74, 6) is -0.525. The molecule has 3 amide bonds. The molecule has 3 N–H and O–H groups in total. The highest BCUT2D eigenvalue weighted by atomic mass is 16.6. The monoisotopic (exact) mass is 545 g/mol. The van der Waals surface area contributed by atoms with Gasteiger partial charge in [-0.2, -0.15) is 0 Å². The molecule has 0 aliphatic heterocycles. The third kappa shape index (κ3) is 20.7. The number of amides is 3. The molecule has 1 atom stereocenters. The first-order chi connectivity index (χ1) is 17.3. The molecular weight excluding hydrogens is 490 g/mol. The predicted molar refractivity (Wildman–Crippen MR) is 150 cm³/mol. The number of ether oxygens (including phenoxy) is 3. The van der Waals surface area contributed by atoms with Gasteiger partial charge in [-0.3, -0.25) is 14.4 Å². The highest BCUT2D eigenvalue weighted by Crippen LogP contribution is 2.25. The lowest BCUT2D eigenvalue weighted by atomic mass is 9.83.